The first-order chi connectivity index (χ1) is 5.69. The van der Waals surface area contributed by atoms with Crippen molar-refractivity contribution in [2.45, 2.75) is 18.6 Å². The fourth-order valence-corrected chi connectivity index (χ4v) is 1.27. The number of hydrogen-bond donors (Lipinski definition) is 1. The van der Waals surface area contributed by atoms with E-state index in [4.69, 9.17) is 9.84 Å². The Hall–Kier alpha value is -1.17. The normalized spacial score (nSPS) is 28.9. The summed E-state index contributed by atoms with van der Waals surface area (Å²) in [6, 6.07) is -0.826. The van der Waals surface area contributed by atoms with Crippen molar-refractivity contribution in [3.63, 3.8) is 0 Å². The number of nitroso groups, excluding NO2 is 1. The Bertz CT molecular complexity index is 196. The molecule has 0 aromatic rings. The van der Waals surface area contributed by atoms with Crippen LogP contribution in [0.25, 0.3) is 0 Å². The number of carboxylic acids is 1. The number of rotatable bonds is 3. The van der Waals surface area contributed by atoms with Crippen LogP contribution in [0.4, 0.5) is 0 Å². The number of aliphatic carboxylic acids is 1. The van der Waals surface area contributed by atoms with Gasteiger partial charge in [-0.2, -0.15) is 0 Å². The Morgan fingerprint density at radius 2 is 2.42 bits per heavy atom. The third-order valence-electron chi connectivity index (χ3n) is 1.96. The van der Waals surface area contributed by atoms with E-state index in [1.165, 1.54) is 7.11 Å². The molecule has 1 rings (SSSR count). The van der Waals surface area contributed by atoms with Gasteiger partial charge in [0, 0.05) is 13.5 Å². The summed E-state index contributed by atoms with van der Waals surface area (Å²) in [5, 5.41) is 12.2. The van der Waals surface area contributed by atoms with Crippen molar-refractivity contribution >= 4 is 5.97 Å². The SMILES string of the molecule is CO[C@@H]1C[C@@H](C(=O)O)N(N=O)C1. The van der Waals surface area contributed by atoms with Crippen LogP contribution in [0.1, 0.15) is 6.42 Å². The van der Waals surface area contributed by atoms with Gasteiger partial charge in [-0.3, -0.25) is 0 Å². The monoisotopic (exact) mass is 174 g/mol. The summed E-state index contributed by atoms with van der Waals surface area (Å²) < 4.78 is 4.92. The van der Waals surface area contributed by atoms with Gasteiger partial charge in [-0.15, -0.1) is 4.91 Å². The molecule has 1 N–H and O–H groups in total. The van der Waals surface area contributed by atoms with Crippen LogP contribution in [0.3, 0.4) is 0 Å². The molecule has 1 aliphatic heterocycles. The predicted octanol–water partition coefficient (Wildman–Crippen LogP) is -0.158. The number of carboxylic acid groups (broad SMARTS) is 1. The molecule has 6 heteroatoms. The van der Waals surface area contributed by atoms with Crippen molar-refractivity contribution in [1.29, 1.82) is 0 Å². The lowest BCUT2D eigenvalue weighted by Crippen LogP contribution is -2.31. The lowest BCUT2D eigenvalue weighted by molar-refractivity contribution is -0.142. The number of hydrogen-bond acceptors (Lipinski definition) is 4. The molecule has 1 aliphatic rings. The lowest BCUT2D eigenvalue weighted by atomic mass is 10.2. The second-order valence-corrected chi connectivity index (χ2v) is 2.65. The highest BCUT2D eigenvalue weighted by Gasteiger charge is 2.37. The molecule has 0 unspecified atom stereocenters. The van der Waals surface area contributed by atoms with Gasteiger partial charge in [0.2, 0.25) is 0 Å². The molecule has 0 aliphatic carbocycles. The van der Waals surface area contributed by atoms with E-state index in [2.05, 4.69) is 5.29 Å². The first-order valence-corrected chi connectivity index (χ1v) is 3.54. The van der Waals surface area contributed by atoms with Crippen molar-refractivity contribution in [1.82, 2.24) is 5.01 Å². The van der Waals surface area contributed by atoms with E-state index in [9.17, 15) is 9.70 Å². The van der Waals surface area contributed by atoms with Crippen molar-refractivity contribution in [2.24, 2.45) is 5.29 Å². The quantitative estimate of drug-likeness (QED) is 0.601. The fraction of sp³-hybridized carbons (Fsp3) is 0.833. The summed E-state index contributed by atoms with van der Waals surface area (Å²) in [5.41, 5.74) is 0. The highest BCUT2D eigenvalue weighted by atomic mass is 16.5. The zero-order valence-corrected chi connectivity index (χ0v) is 6.64. The van der Waals surface area contributed by atoms with Crippen molar-refractivity contribution in [2.75, 3.05) is 13.7 Å². The van der Waals surface area contributed by atoms with E-state index in [0.717, 1.165) is 5.01 Å². The molecule has 1 saturated heterocycles. The summed E-state index contributed by atoms with van der Waals surface area (Å²) in [6.45, 7) is 0.261. The van der Waals surface area contributed by atoms with E-state index in [-0.39, 0.29) is 12.6 Å². The molecule has 1 fully saturated rings. The summed E-state index contributed by atoms with van der Waals surface area (Å²) in [4.78, 5) is 20.7. The minimum atomic E-state index is -1.03. The molecule has 0 aromatic heterocycles. The zero-order chi connectivity index (χ0) is 9.14. The second kappa shape index (κ2) is 3.48. The Morgan fingerprint density at radius 3 is 2.75 bits per heavy atom. The number of carbonyl (C=O) groups is 1. The van der Waals surface area contributed by atoms with Crippen molar-refractivity contribution < 1.29 is 14.6 Å². The Labute approximate surface area is 69.1 Å². The molecule has 0 aromatic carbocycles. The fourth-order valence-electron chi connectivity index (χ4n) is 1.27. The molecule has 68 valence electrons. The Morgan fingerprint density at radius 1 is 1.75 bits per heavy atom. The molecule has 12 heavy (non-hydrogen) atoms. The smallest absolute Gasteiger partial charge is 0.328 e. The van der Waals surface area contributed by atoms with E-state index < -0.39 is 12.0 Å². The maximum Gasteiger partial charge on any atom is 0.328 e. The molecule has 0 amide bonds. The summed E-state index contributed by atoms with van der Waals surface area (Å²) in [6.07, 6.45) is 0.112. The highest BCUT2D eigenvalue weighted by Crippen LogP contribution is 2.19. The third kappa shape index (κ3) is 1.53. The maximum absolute atomic E-state index is 10.5. The van der Waals surface area contributed by atoms with Crippen LogP contribution < -0.4 is 0 Å². The van der Waals surface area contributed by atoms with Crippen LogP contribution in [0.5, 0.6) is 0 Å². The number of methoxy groups -OCH3 is 1. The molecule has 6 nitrogen and oxygen atoms in total. The minimum Gasteiger partial charge on any atom is -0.480 e. The van der Waals surface area contributed by atoms with Gasteiger partial charge in [-0.1, -0.05) is 0 Å². The highest BCUT2D eigenvalue weighted by molar-refractivity contribution is 5.73. The van der Waals surface area contributed by atoms with Gasteiger partial charge in [0.25, 0.3) is 0 Å². The first-order valence-electron chi connectivity index (χ1n) is 3.54. The molecular weight excluding hydrogens is 164 g/mol. The molecule has 0 bridgehead atoms. The average Bonchev–Trinajstić information content (AvgIpc) is 2.47. The third-order valence-corrected chi connectivity index (χ3v) is 1.96. The van der Waals surface area contributed by atoms with Crippen molar-refractivity contribution in [3.8, 4) is 0 Å². The average molecular weight is 174 g/mol. The molecule has 1 heterocycles. The molecule has 0 spiro atoms. The minimum absolute atomic E-state index is 0.205. The van der Waals surface area contributed by atoms with Crippen LogP contribution in [-0.2, 0) is 9.53 Å². The van der Waals surface area contributed by atoms with E-state index in [1.807, 2.05) is 0 Å². The van der Waals surface area contributed by atoms with Crippen LogP contribution >= 0.6 is 0 Å². The lowest BCUT2D eigenvalue weighted by Gasteiger charge is -2.11. The number of nitrogens with zero attached hydrogens (tertiary/aromatic N) is 2. The van der Waals surface area contributed by atoms with E-state index in [1.54, 1.807) is 0 Å². The van der Waals surface area contributed by atoms with Gasteiger partial charge in [0.05, 0.1) is 17.9 Å². The second-order valence-electron chi connectivity index (χ2n) is 2.65. The maximum atomic E-state index is 10.5. The van der Waals surface area contributed by atoms with Crippen LogP contribution in [0.15, 0.2) is 5.29 Å². The summed E-state index contributed by atoms with van der Waals surface area (Å²) >= 11 is 0. The first kappa shape index (κ1) is 8.92. The van der Waals surface area contributed by atoms with Crippen LogP contribution in [0, 0.1) is 4.91 Å². The van der Waals surface area contributed by atoms with Crippen molar-refractivity contribution in [3.05, 3.63) is 4.91 Å². The van der Waals surface area contributed by atoms with Crippen LogP contribution in [0.2, 0.25) is 0 Å². The van der Waals surface area contributed by atoms with E-state index >= 15 is 0 Å². The number of ether oxygens (including phenoxy) is 1. The predicted molar refractivity (Wildman–Crippen MR) is 39.3 cm³/mol. The van der Waals surface area contributed by atoms with Crippen LogP contribution in [-0.4, -0.2) is 41.9 Å². The zero-order valence-electron chi connectivity index (χ0n) is 6.64. The molecular formula is C6H10N2O4. The van der Waals surface area contributed by atoms with Gasteiger partial charge in [-0.25, -0.2) is 9.80 Å². The van der Waals surface area contributed by atoms with Gasteiger partial charge < -0.3 is 9.84 Å². The van der Waals surface area contributed by atoms with Gasteiger partial charge in [0.15, 0.2) is 0 Å². The molecule has 0 radical (unpaired) electrons. The topological polar surface area (TPSA) is 79.2 Å². The van der Waals surface area contributed by atoms with Gasteiger partial charge in [0.1, 0.15) is 6.04 Å². The molecule has 0 saturated carbocycles. The largest absolute Gasteiger partial charge is 0.480 e. The summed E-state index contributed by atoms with van der Waals surface area (Å²) in [7, 11) is 1.48. The Balaban J connectivity index is 2.62. The van der Waals surface area contributed by atoms with Gasteiger partial charge >= 0.3 is 5.97 Å². The van der Waals surface area contributed by atoms with E-state index in [0.29, 0.717) is 6.42 Å². The molecule has 2 atom stereocenters. The standard InChI is InChI=1S/C6H10N2O4/c1-12-4-2-5(6(9)10)8(3-4)7-11/h4-5H,2-3H2,1H3,(H,9,10)/t4-,5+/m1/s1. The Kier molecular flexibility index (Phi) is 2.59. The van der Waals surface area contributed by atoms with Gasteiger partial charge in [-0.05, 0) is 0 Å². The summed E-state index contributed by atoms with van der Waals surface area (Å²) in [5.74, 6) is -1.03.